The van der Waals surface area contributed by atoms with E-state index in [1.54, 1.807) is 22.8 Å². The summed E-state index contributed by atoms with van der Waals surface area (Å²) in [6.45, 7) is 6.06. The molecule has 2 aromatic heterocycles. The summed E-state index contributed by atoms with van der Waals surface area (Å²) in [5.74, 6) is 0.665. The van der Waals surface area contributed by atoms with Gasteiger partial charge in [0.15, 0.2) is 17.0 Å². The molecule has 7 nitrogen and oxygen atoms in total. The van der Waals surface area contributed by atoms with Crippen LogP contribution in [0, 0.1) is 5.41 Å². The van der Waals surface area contributed by atoms with Gasteiger partial charge in [-0.15, -0.1) is 0 Å². The molecule has 0 spiro atoms. The predicted octanol–water partition coefficient (Wildman–Crippen LogP) is 4.57. The SMILES string of the molecule is CN(C)CCCNC(=O)CC(C)(C)CNC(=S)n1c(C=O)cc2oc(-c3ccc(Cl)cc3)cc21. The molecule has 0 aliphatic carbocycles. The quantitative estimate of drug-likeness (QED) is 0.240. The molecule has 2 heterocycles. The van der Waals surface area contributed by atoms with Gasteiger partial charge in [-0.2, -0.15) is 0 Å². The normalized spacial score (nSPS) is 11.7. The van der Waals surface area contributed by atoms with Gasteiger partial charge in [0.1, 0.15) is 5.76 Å². The highest BCUT2D eigenvalue weighted by atomic mass is 35.5. The second-order valence-electron chi connectivity index (χ2n) is 9.40. The van der Waals surface area contributed by atoms with Gasteiger partial charge in [-0.3, -0.25) is 14.2 Å². The number of amides is 1. The molecule has 0 atom stereocenters. The minimum atomic E-state index is -0.339. The third kappa shape index (κ3) is 6.68. The predicted molar refractivity (Wildman–Crippen MR) is 141 cm³/mol. The molecule has 2 N–H and O–H groups in total. The summed E-state index contributed by atoms with van der Waals surface area (Å²) in [4.78, 5) is 26.1. The van der Waals surface area contributed by atoms with Crippen molar-refractivity contribution in [3.05, 3.63) is 47.1 Å². The summed E-state index contributed by atoms with van der Waals surface area (Å²) in [6, 6.07) is 10.8. The number of halogens is 1. The maximum absolute atomic E-state index is 12.4. The molecule has 3 aromatic rings. The fourth-order valence-corrected chi connectivity index (χ4v) is 4.06. The van der Waals surface area contributed by atoms with Gasteiger partial charge >= 0.3 is 0 Å². The van der Waals surface area contributed by atoms with Crippen LogP contribution in [0.1, 0.15) is 37.2 Å². The molecule has 0 aliphatic rings. The van der Waals surface area contributed by atoms with E-state index in [0.717, 1.165) is 24.8 Å². The van der Waals surface area contributed by atoms with E-state index >= 15 is 0 Å². The van der Waals surface area contributed by atoms with Crippen LogP contribution in [0.5, 0.6) is 0 Å². The molecule has 0 unspecified atom stereocenters. The Bertz CT molecular complexity index is 1170. The van der Waals surface area contributed by atoms with Gasteiger partial charge in [0.2, 0.25) is 5.91 Å². The molecule has 182 valence electrons. The van der Waals surface area contributed by atoms with Crippen molar-refractivity contribution in [2.75, 3.05) is 33.7 Å². The Morgan fingerprint density at radius 2 is 1.91 bits per heavy atom. The number of nitrogens with one attached hydrogen (secondary N) is 2. The number of aromatic nitrogens is 1. The van der Waals surface area contributed by atoms with Crippen LogP contribution < -0.4 is 10.6 Å². The van der Waals surface area contributed by atoms with Gasteiger partial charge in [-0.05, 0) is 69.0 Å². The van der Waals surface area contributed by atoms with Crippen LogP contribution in [0.15, 0.2) is 40.8 Å². The van der Waals surface area contributed by atoms with E-state index in [1.807, 2.05) is 46.1 Å². The highest BCUT2D eigenvalue weighted by Crippen LogP contribution is 2.30. The number of hydrogen-bond acceptors (Lipinski definition) is 5. The second kappa shape index (κ2) is 11.2. The van der Waals surface area contributed by atoms with Crippen molar-refractivity contribution in [2.24, 2.45) is 5.41 Å². The lowest BCUT2D eigenvalue weighted by molar-refractivity contribution is -0.122. The van der Waals surface area contributed by atoms with E-state index < -0.39 is 0 Å². The highest BCUT2D eigenvalue weighted by molar-refractivity contribution is 7.80. The smallest absolute Gasteiger partial charge is 0.220 e. The number of thiocarbonyl (C=S) groups is 1. The summed E-state index contributed by atoms with van der Waals surface area (Å²) in [7, 11) is 4.02. The lowest BCUT2D eigenvalue weighted by Crippen LogP contribution is -2.40. The molecular formula is C25H31ClN4O3S. The number of furan rings is 1. The first kappa shape index (κ1) is 25.9. The topological polar surface area (TPSA) is 79.5 Å². The van der Waals surface area contributed by atoms with Crippen LogP contribution >= 0.6 is 23.8 Å². The molecule has 1 amide bonds. The third-order valence-corrected chi connectivity index (χ3v) is 6.01. The monoisotopic (exact) mass is 502 g/mol. The van der Waals surface area contributed by atoms with Crippen molar-refractivity contribution in [1.82, 2.24) is 20.1 Å². The van der Waals surface area contributed by atoms with Gasteiger partial charge in [0, 0.05) is 42.2 Å². The van der Waals surface area contributed by atoms with Gasteiger partial charge in [0.25, 0.3) is 0 Å². The first-order valence-electron chi connectivity index (χ1n) is 11.2. The summed E-state index contributed by atoms with van der Waals surface area (Å²) < 4.78 is 7.63. The second-order valence-corrected chi connectivity index (χ2v) is 10.2. The zero-order chi connectivity index (χ0) is 24.9. The maximum Gasteiger partial charge on any atom is 0.220 e. The average Bonchev–Trinajstić information content (AvgIpc) is 3.33. The number of rotatable bonds is 10. The summed E-state index contributed by atoms with van der Waals surface area (Å²) in [5, 5.41) is 7.22. The molecule has 9 heteroatoms. The third-order valence-electron chi connectivity index (χ3n) is 5.43. The Kier molecular flexibility index (Phi) is 8.52. The number of carbonyl (C=O) groups excluding carboxylic acids is 2. The zero-order valence-corrected chi connectivity index (χ0v) is 21.6. The van der Waals surface area contributed by atoms with Gasteiger partial charge < -0.3 is 20.0 Å². The molecule has 0 aliphatic heterocycles. The first-order chi connectivity index (χ1) is 16.1. The maximum atomic E-state index is 12.4. The molecular weight excluding hydrogens is 472 g/mol. The molecule has 1 aromatic carbocycles. The van der Waals surface area contributed by atoms with Gasteiger partial charge in [0.05, 0.1) is 11.2 Å². The summed E-state index contributed by atoms with van der Waals surface area (Å²) in [6.07, 6.45) is 2.01. The van der Waals surface area contributed by atoms with Crippen molar-refractivity contribution >= 4 is 52.2 Å². The number of carbonyl (C=O) groups is 2. The Labute approximate surface area is 210 Å². The minimum absolute atomic E-state index is 0.0100. The summed E-state index contributed by atoms with van der Waals surface area (Å²) >= 11 is 11.6. The lowest BCUT2D eigenvalue weighted by atomic mass is 9.89. The van der Waals surface area contributed by atoms with Crippen molar-refractivity contribution in [1.29, 1.82) is 0 Å². The van der Waals surface area contributed by atoms with E-state index in [0.29, 0.717) is 52.2 Å². The van der Waals surface area contributed by atoms with Crippen LogP contribution in [0.4, 0.5) is 0 Å². The van der Waals surface area contributed by atoms with Crippen LogP contribution in [0.25, 0.3) is 22.4 Å². The van der Waals surface area contributed by atoms with Crippen LogP contribution in [-0.4, -0.2) is 60.5 Å². The largest absolute Gasteiger partial charge is 0.454 e. The highest BCUT2D eigenvalue weighted by Gasteiger charge is 2.24. The number of aldehydes is 1. The molecule has 0 fully saturated rings. The Balaban J connectivity index is 1.67. The number of nitrogens with zero attached hydrogens (tertiary/aromatic N) is 2. The Morgan fingerprint density at radius 3 is 2.56 bits per heavy atom. The van der Waals surface area contributed by atoms with E-state index in [9.17, 15) is 9.59 Å². The van der Waals surface area contributed by atoms with E-state index in [4.69, 9.17) is 28.2 Å². The van der Waals surface area contributed by atoms with Crippen LogP contribution in [0.2, 0.25) is 5.02 Å². The number of hydrogen-bond donors (Lipinski definition) is 2. The molecule has 0 saturated carbocycles. The van der Waals surface area contributed by atoms with Crippen LogP contribution in [0.3, 0.4) is 0 Å². The zero-order valence-electron chi connectivity index (χ0n) is 20.0. The van der Waals surface area contributed by atoms with Crippen molar-refractivity contribution in [3.63, 3.8) is 0 Å². The summed E-state index contributed by atoms with van der Waals surface area (Å²) in [5.41, 5.74) is 2.18. The fourth-order valence-electron chi connectivity index (χ4n) is 3.66. The average molecular weight is 503 g/mol. The standard InChI is InChI=1S/C25H31ClN4O3S/c1-25(2,14-23(32)27-10-5-11-29(3)4)16-28-24(34)30-19(15-31)12-22-20(30)13-21(33-22)17-6-8-18(26)9-7-17/h6-9,12-13,15H,5,10-11,14,16H2,1-4H3,(H,27,32)(H,28,34). The lowest BCUT2D eigenvalue weighted by Gasteiger charge is -2.25. The van der Waals surface area contributed by atoms with E-state index in [2.05, 4.69) is 15.5 Å². The molecule has 0 saturated heterocycles. The molecule has 0 radical (unpaired) electrons. The number of benzene rings is 1. The van der Waals surface area contributed by atoms with Crippen LogP contribution in [-0.2, 0) is 4.79 Å². The number of fused-ring (bicyclic) bond motifs is 1. The molecule has 34 heavy (non-hydrogen) atoms. The first-order valence-corrected chi connectivity index (χ1v) is 11.9. The Hall–Kier alpha value is -2.68. The minimum Gasteiger partial charge on any atom is -0.454 e. The van der Waals surface area contributed by atoms with Gasteiger partial charge in [-0.25, -0.2) is 0 Å². The van der Waals surface area contributed by atoms with E-state index in [1.165, 1.54) is 0 Å². The Morgan fingerprint density at radius 1 is 1.21 bits per heavy atom. The van der Waals surface area contributed by atoms with Crippen molar-refractivity contribution in [2.45, 2.75) is 26.7 Å². The van der Waals surface area contributed by atoms with E-state index in [-0.39, 0.29) is 11.3 Å². The van der Waals surface area contributed by atoms with Crippen molar-refractivity contribution < 1.29 is 14.0 Å². The molecule has 3 rings (SSSR count). The fraction of sp³-hybridized carbons (Fsp3) is 0.400. The molecule has 0 bridgehead atoms. The van der Waals surface area contributed by atoms with Gasteiger partial charge in [-0.1, -0.05) is 25.4 Å². The van der Waals surface area contributed by atoms with Crippen molar-refractivity contribution in [3.8, 4) is 11.3 Å².